The summed E-state index contributed by atoms with van der Waals surface area (Å²) < 4.78 is 1.56. The molecule has 146 valence electrons. The number of likely N-dealkylation sites (tertiary alicyclic amines) is 1. The van der Waals surface area contributed by atoms with Gasteiger partial charge in [-0.05, 0) is 35.7 Å². The first kappa shape index (κ1) is 19.0. The molecule has 1 aliphatic rings. The lowest BCUT2D eigenvalue weighted by atomic mass is 10.1. The molecule has 3 aromatic rings. The van der Waals surface area contributed by atoms with Crippen LogP contribution in [0, 0.1) is 0 Å². The van der Waals surface area contributed by atoms with E-state index in [4.69, 9.17) is 4.98 Å². The Hall–Kier alpha value is -2.34. The summed E-state index contributed by atoms with van der Waals surface area (Å²) in [5.41, 5.74) is 0.611. The standard InChI is InChI=1S/C22H25N3O2S/c1-24-21(27)18-13-16-9-5-6-10-17(16)14-19(18)23-22(24)28-15-20(26)25-11-7-3-2-4-8-12-25/h5-6,9-10,13-14H,2-4,7-8,11-12,15H2,1H3. The molecule has 0 bridgehead atoms. The van der Waals surface area contributed by atoms with Crippen LogP contribution in [-0.4, -0.2) is 39.2 Å². The van der Waals surface area contributed by atoms with E-state index in [2.05, 4.69) is 0 Å². The zero-order valence-corrected chi connectivity index (χ0v) is 17.0. The Morgan fingerprint density at radius 3 is 2.39 bits per heavy atom. The fourth-order valence-electron chi connectivity index (χ4n) is 3.78. The molecule has 28 heavy (non-hydrogen) atoms. The molecule has 0 N–H and O–H groups in total. The second kappa shape index (κ2) is 8.35. The van der Waals surface area contributed by atoms with Crippen molar-refractivity contribution in [2.24, 2.45) is 7.05 Å². The van der Waals surface area contributed by atoms with E-state index in [1.54, 1.807) is 11.6 Å². The van der Waals surface area contributed by atoms with Gasteiger partial charge in [-0.3, -0.25) is 14.2 Å². The largest absolute Gasteiger partial charge is 0.342 e. The van der Waals surface area contributed by atoms with E-state index in [1.165, 1.54) is 31.0 Å². The predicted octanol–water partition coefficient (Wildman–Crippen LogP) is 3.97. The monoisotopic (exact) mass is 395 g/mol. The molecule has 1 aromatic heterocycles. The molecular formula is C22H25N3O2S. The number of hydrogen-bond donors (Lipinski definition) is 0. The van der Waals surface area contributed by atoms with Crippen molar-refractivity contribution in [2.75, 3.05) is 18.8 Å². The number of carbonyl (C=O) groups is 1. The average molecular weight is 396 g/mol. The zero-order chi connectivity index (χ0) is 19.5. The summed E-state index contributed by atoms with van der Waals surface area (Å²) in [7, 11) is 1.73. The number of hydrogen-bond acceptors (Lipinski definition) is 4. The average Bonchev–Trinajstić information content (AvgIpc) is 2.68. The lowest BCUT2D eigenvalue weighted by molar-refractivity contribution is -0.128. The number of rotatable bonds is 3. The van der Waals surface area contributed by atoms with Crippen molar-refractivity contribution in [3.8, 4) is 0 Å². The third kappa shape index (κ3) is 3.92. The molecule has 2 aromatic carbocycles. The van der Waals surface area contributed by atoms with Gasteiger partial charge in [-0.2, -0.15) is 0 Å². The van der Waals surface area contributed by atoms with Gasteiger partial charge < -0.3 is 4.90 Å². The van der Waals surface area contributed by atoms with Crippen LogP contribution < -0.4 is 5.56 Å². The fraction of sp³-hybridized carbons (Fsp3) is 0.409. The smallest absolute Gasteiger partial charge is 0.261 e. The molecular weight excluding hydrogens is 370 g/mol. The number of thioether (sulfide) groups is 1. The second-order valence-corrected chi connectivity index (χ2v) is 8.35. The minimum Gasteiger partial charge on any atom is -0.342 e. The number of carbonyl (C=O) groups excluding carboxylic acids is 1. The van der Waals surface area contributed by atoms with Crippen LogP contribution in [0.25, 0.3) is 21.7 Å². The third-order valence-electron chi connectivity index (χ3n) is 5.44. The third-order valence-corrected chi connectivity index (χ3v) is 6.45. The molecule has 0 saturated carbocycles. The van der Waals surface area contributed by atoms with Crippen LogP contribution in [0.5, 0.6) is 0 Å². The Morgan fingerprint density at radius 1 is 1.04 bits per heavy atom. The van der Waals surface area contributed by atoms with Crippen LogP contribution in [-0.2, 0) is 11.8 Å². The maximum Gasteiger partial charge on any atom is 0.261 e. The van der Waals surface area contributed by atoms with E-state index in [0.29, 0.717) is 21.8 Å². The van der Waals surface area contributed by atoms with Crippen LogP contribution in [0.3, 0.4) is 0 Å². The quantitative estimate of drug-likeness (QED) is 0.382. The zero-order valence-electron chi connectivity index (χ0n) is 16.2. The van der Waals surface area contributed by atoms with Gasteiger partial charge in [-0.15, -0.1) is 0 Å². The number of fused-ring (bicyclic) bond motifs is 2. The molecule has 0 unspecified atom stereocenters. The van der Waals surface area contributed by atoms with Crippen LogP contribution >= 0.6 is 11.8 Å². The number of nitrogens with zero attached hydrogens (tertiary/aromatic N) is 3. The molecule has 0 aliphatic carbocycles. The summed E-state index contributed by atoms with van der Waals surface area (Å²) in [6.45, 7) is 1.69. The predicted molar refractivity (Wildman–Crippen MR) is 115 cm³/mol. The van der Waals surface area contributed by atoms with Crippen molar-refractivity contribution < 1.29 is 4.79 Å². The summed E-state index contributed by atoms with van der Waals surface area (Å²) in [5.74, 6) is 0.457. The van der Waals surface area contributed by atoms with Gasteiger partial charge in [0.05, 0.1) is 16.7 Å². The van der Waals surface area contributed by atoms with E-state index in [-0.39, 0.29) is 11.5 Å². The van der Waals surface area contributed by atoms with Crippen LogP contribution in [0.2, 0.25) is 0 Å². The van der Waals surface area contributed by atoms with Gasteiger partial charge in [0.1, 0.15) is 0 Å². The van der Waals surface area contributed by atoms with Crippen LogP contribution in [0.15, 0.2) is 46.3 Å². The highest BCUT2D eigenvalue weighted by Crippen LogP contribution is 2.23. The summed E-state index contributed by atoms with van der Waals surface area (Å²) in [6, 6.07) is 11.8. The Bertz CT molecular complexity index is 1070. The van der Waals surface area contributed by atoms with Gasteiger partial charge in [-0.1, -0.05) is 55.3 Å². The maximum atomic E-state index is 12.8. The lowest BCUT2D eigenvalue weighted by Gasteiger charge is -2.24. The Labute approximate surface area is 168 Å². The van der Waals surface area contributed by atoms with Crippen molar-refractivity contribution in [1.82, 2.24) is 14.5 Å². The molecule has 4 rings (SSSR count). The molecule has 6 heteroatoms. The highest BCUT2D eigenvalue weighted by atomic mass is 32.2. The van der Waals surface area contributed by atoms with E-state index in [9.17, 15) is 9.59 Å². The molecule has 2 heterocycles. The summed E-state index contributed by atoms with van der Waals surface area (Å²) in [6.07, 6.45) is 5.83. The van der Waals surface area contributed by atoms with Gasteiger partial charge in [-0.25, -0.2) is 4.98 Å². The van der Waals surface area contributed by atoms with Crippen molar-refractivity contribution in [3.05, 3.63) is 46.8 Å². The molecule has 1 fully saturated rings. The summed E-state index contributed by atoms with van der Waals surface area (Å²) in [5, 5.41) is 3.29. The normalized spacial score (nSPS) is 15.5. The highest BCUT2D eigenvalue weighted by Gasteiger charge is 2.17. The van der Waals surface area contributed by atoms with Crippen molar-refractivity contribution in [3.63, 3.8) is 0 Å². The molecule has 0 atom stereocenters. The lowest BCUT2D eigenvalue weighted by Crippen LogP contribution is -2.35. The van der Waals surface area contributed by atoms with Crippen molar-refractivity contribution in [1.29, 1.82) is 0 Å². The molecule has 0 radical (unpaired) electrons. The first-order chi connectivity index (χ1) is 13.6. The van der Waals surface area contributed by atoms with E-state index in [1.807, 2.05) is 41.3 Å². The Kier molecular flexibility index (Phi) is 5.67. The number of aromatic nitrogens is 2. The van der Waals surface area contributed by atoms with Gasteiger partial charge >= 0.3 is 0 Å². The molecule has 1 saturated heterocycles. The molecule has 0 spiro atoms. The Balaban J connectivity index is 1.58. The fourth-order valence-corrected chi connectivity index (χ4v) is 4.66. The van der Waals surface area contributed by atoms with Gasteiger partial charge in [0.2, 0.25) is 5.91 Å². The van der Waals surface area contributed by atoms with Gasteiger partial charge in [0.15, 0.2) is 5.16 Å². The summed E-state index contributed by atoms with van der Waals surface area (Å²) >= 11 is 1.36. The van der Waals surface area contributed by atoms with E-state index < -0.39 is 0 Å². The molecule has 1 aliphatic heterocycles. The SMILES string of the molecule is Cn1c(SCC(=O)N2CCCCCCC2)nc2cc3ccccc3cc2c1=O. The van der Waals surface area contributed by atoms with E-state index in [0.717, 1.165) is 36.7 Å². The van der Waals surface area contributed by atoms with Crippen LogP contribution in [0.1, 0.15) is 32.1 Å². The van der Waals surface area contributed by atoms with Gasteiger partial charge in [0, 0.05) is 20.1 Å². The van der Waals surface area contributed by atoms with Crippen molar-refractivity contribution in [2.45, 2.75) is 37.3 Å². The number of benzene rings is 2. The maximum absolute atomic E-state index is 12.8. The first-order valence-electron chi connectivity index (χ1n) is 9.93. The molecule has 5 nitrogen and oxygen atoms in total. The number of amides is 1. The van der Waals surface area contributed by atoms with Crippen molar-refractivity contribution >= 4 is 39.3 Å². The topological polar surface area (TPSA) is 55.2 Å². The van der Waals surface area contributed by atoms with Gasteiger partial charge in [0.25, 0.3) is 5.56 Å². The Morgan fingerprint density at radius 2 is 1.68 bits per heavy atom. The van der Waals surface area contributed by atoms with E-state index >= 15 is 0 Å². The summed E-state index contributed by atoms with van der Waals surface area (Å²) in [4.78, 5) is 32.2. The minimum absolute atomic E-state index is 0.0723. The highest BCUT2D eigenvalue weighted by molar-refractivity contribution is 7.99. The minimum atomic E-state index is -0.0723. The first-order valence-corrected chi connectivity index (χ1v) is 10.9. The second-order valence-electron chi connectivity index (χ2n) is 7.41. The molecule has 1 amide bonds. The van der Waals surface area contributed by atoms with Crippen LogP contribution in [0.4, 0.5) is 0 Å².